The van der Waals surface area contributed by atoms with Gasteiger partial charge in [0.1, 0.15) is 10.4 Å². The highest BCUT2D eigenvalue weighted by Gasteiger charge is 2.12. The van der Waals surface area contributed by atoms with Crippen molar-refractivity contribution in [3.05, 3.63) is 22.9 Å². The molecule has 2 aromatic rings. The van der Waals surface area contributed by atoms with E-state index in [0.717, 1.165) is 55.3 Å². The molecule has 6 nitrogen and oxygen atoms in total. The zero-order valence-electron chi connectivity index (χ0n) is 11.6. The second-order valence-electron chi connectivity index (χ2n) is 5.14. The van der Waals surface area contributed by atoms with Crippen molar-refractivity contribution in [1.29, 1.82) is 0 Å². The van der Waals surface area contributed by atoms with E-state index in [9.17, 15) is 0 Å². The first-order valence-electron chi connectivity index (χ1n) is 6.87. The van der Waals surface area contributed by atoms with Gasteiger partial charge in [0.25, 0.3) is 0 Å². The Morgan fingerprint density at radius 2 is 2.05 bits per heavy atom. The van der Waals surface area contributed by atoms with Crippen molar-refractivity contribution in [1.82, 2.24) is 24.4 Å². The smallest absolute Gasteiger partial charge is 0.154 e. The van der Waals surface area contributed by atoms with Crippen molar-refractivity contribution in [2.75, 3.05) is 51.6 Å². The van der Waals surface area contributed by atoms with E-state index in [1.165, 1.54) is 0 Å². The summed E-state index contributed by atoms with van der Waals surface area (Å²) in [4.78, 5) is 9.09. The summed E-state index contributed by atoms with van der Waals surface area (Å²) in [6.07, 6.45) is 1.76. The predicted octanol–water partition coefficient (Wildman–Crippen LogP) is 1.15. The third-order valence-corrected chi connectivity index (χ3v) is 4.19. The number of anilines is 1. The molecule has 20 heavy (non-hydrogen) atoms. The fraction of sp³-hybridized carbons (Fsp3) is 0.538. The molecular weight excluding hydrogens is 320 g/mol. The van der Waals surface area contributed by atoms with Gasteiger partial charge in [-0.25, -0.2) is 9.50 Å². The SMILES string of the molecule is CN1CCN(CCNc2ccc3ncc(Br)n3n2)CC1. The number of nitrogens with zero attached hydrogens (tertiary/aromatic N) is 5. The normalized spacial score (nSPS) is 17.7. The van der Waals surface area contributed by atoms with Crippen LogP contribution in [-0.2, 0) is 0 Å². The summed E-state index contributed by atoms with van der Waals surface area (Å²) in [5.41, 5.74) is 0.849. The zero-order chi connectivity index (χ0) is 13.9. The van der Waals surface area contributed by atoms with E-state index < -0.39 is 0 Å². The number of imidazole rings is 1. The van der Waals surface area contributed by atoms with Crippen LogP contribution < -0.4 is 5.32 Å². The summed E-state index contributed by atoms with van der Waals surface area (Å²) in [7, 11) is 2.18. The van der Waals surface area contributed by atoms with Gasteiger partial charge < -0.3 is 10.2 Å². The molecule has 0 saturated carbocycles. The highest BCUT2D eigenvalue weighted by Crippen LogP contribution is 2.13. The molecular formula is C13H19BrN6. The molecule has 108 valence electrons. The van der Waals surface area contributed by atoms with E-state index in [-0.39, 0.29) is 0 Å². The maximum Gasteiger partial charge on any atom is 0.154 e. The van der Waals surface area contributed by atoms with Gasteiger partial charge in [0.05, 0.1) is 6.20 Å². The van der Waals surface area contributed by atoms with Crippen LogP contribution in [-0.4, -0.2) is 70.7 Å². The van der Waals surface area contributed by atoms with Crippen molar-refractivity contribution in [3.63, 3.8) is 0 Å². The molecule has 2 aromatic heterocycles. The molecule has 0 radical (unpaired) electrons. The molecule has 0 unspecified atom stereocenters. The van der Waals surface area contributed by atoms with E-state index in [0.29, 0.717) is 0 Å². The Morgan fingerprint density at radius 3 is 2.85 bits per heavy atom. The predicted molar refractivity (Wildman–Crippen MR) is 83.1 cm³/mol. The van der Waals surface area contributed by atoms with Crippen LogP contribution >= 0.6 is 15.9 Å². The molecule has 3 rings (SSSR count). The summed E-state index contributed by atoms with van der Waals surface area (Å²) in [6, 6.07) is 3.94. The maximum atomic E-state index is 4.50. The van der Waals surface area contributed by atoms with E-state index in [2.05, 4.69) is 48.2 Å². The van der Waals surface area contributed by atoms with Gasteiger partial charge in [-0.2, -0.15) is 0 Å². The molecule has 0 aliphatic carbocycles. The number of aromatic nitrogens is 3. The minimum absolute atomic E-state index is 0.849. The third kappa shape index (κ3) is 3.11. The van der Waals surface area contributed by atoms with Crippen LogP contribution in [0.15, 0.2) is 22.9 Å². The van der Waals surface area contributed by atoms with Crippen molar-refractivity contribution in [2.45, 2.75) is 0 Å². The number of rotatable bonds is 4. The number of hydrogen-bond acceptors (Lipinski definition) is 5. The van der Waals surface area contributed by atoms with E-state index in [1.54, 1.807) is 10.7 Å². The molecule has 1 aliphatic heterocycles. The Kier molecular flexibility index (Phi) is 4.18. The number of likely N-dealkylation sites (N-methyl/N-ethyl adjacent to an activating group) is 1. The first kappa shape index (κ1) is 13.8. The van der Waals surface area contributed by atoms with Crippen LogP contribution in [0.5, 0.6) is 0 Å². The number of hydrogen-bond donors (Lipinski definition) is 1. The summed E-state index contributed by atoms with van der Waals surface area (Å²) < 4.78 is 2.66. The monoisotopic (exact) mass is 338 g/mol. The van der Waals surface area contributed by atoms with Gasteiger partial charge in [-0.15, -0.1) is 5.10 Å². The second-order valence-corrected chi connectivity index (χ2v) is 5.95. The first-order valence-corrected chi connectivity index (χ1v) is 7.67. The molecule has 0 bridgehead atoms. The van der Waals surface area contributed by atoms with Gasteiger partial charge in [-0.3, -0.25) is 4.90 Å². The molecule has 0 aromatic carbocycles. The highest BCUT2D eigenvalue weighted by atomic mass is 79.9. The number of piperazine rings is 1. The molecule has 1 aliphatic rings. The molecule has 0 atom stereocenters. The van der Waals surface area contributed by atoms with Crippen molar-refractivity contribution in [3.8, 4) is 0 Å². The largest absolute Gasteiger partial charge is 0.367 e. The summed E-state index contributed by atoms with van der Waals surface area (Å²) in [6.45, 7) is 6.58. The lowest BCUT2D eigenvalue weighted by Gasteiger charge is -2.32. The van der Waals surface area contributed by atoms with Crippen molar-refractivity contribution >= 4 is 27.4 Å². The first-order chi connectivity index (χ1) is 9.72. The molecule has 0 amide bonds. The zero-order valence-corrected chi connectivity index (χ0v) is 13.2. The Balaban J connectivity index is 1.53. The molecule has 0 spiro atoms. The summed E-state index contributed by atoms with van der Waals surface area (Å²) in [5, 5.41) is 7.88. The molecule has 1 saturated heterocycles. The van der Waals surface area contributed by atoms with Crippen LogP contribution in [0.2, 0.25) is 0 Å². The highest BCUT2D eigenvalue weighted by molar-refractivity contribution is 9.10. The van der Waals surface area contributed by atoms with E-state index >= 15 is 0 Å². The fourth-order valence-electron chi connectivity index (χ4n) is 2.35. The quantitative estimate of drug-likeness (QED) is 0.906. The number of halogens is 1. The lowest BCUT2D eigenvalue weighted by atomic mass is 10.3. The minimum atomic E-state index is 0.849. The fourth-order valence-corrected chi connectivity index (χ4v) is 2.72. The average molecular weight is 339 g/mol. The minimum Gasteiger partial charge on any atom is -0.367 e. The van der Waals surface area contributed by atoms with Gasteiger partial charge in [-0.05, 0) is 35.1 Å². The molecule has 3 heterocycles. The lowest BCUT2D eigenvalue weighted by molar-refractivity contribution is 0.158. The van der Waals surface area contributed by atoms with Crippen LogP contribution in [0.25, 0.3) is 5.65 Å². The van der Waals surface area contributed by atoms with Gasteiger partial charge >= 0.3 is 0 Å². The van der Waals surface area contributed by atoms with Crippen LogP contribution in [0.1, 0.15) is 0 Å². The maximum absolute atomic E-state index is 4.50. The topological polar surface area (TPSA) is 48.7 Å². The van der Waals surface area contributed by atoms with Gasteiger partial charge in [0.2, 0.25) is 0 Å². The lowest BCUT2D eigenvalue weighted by Crippen LogP contribution is -2.45. The van der Waals surface area contributed by atoms with E-state index in [4.69, 9.17) is 0 Å². The van der Waals surface area contributed by atoms with Crippen LogP contribution in [0.4, 0.5) is 5.82 Å². The van der Waals surface area contributed by atoms with Gasteiger partial charge in [0, 0.05) is 39.3 Å². The Labute approximate surface area is 126 Å². The third-order valence-electron chi connectivity index (χ3n) is 3.65. The molecule has 1 fully saturated rings. The average Bonchev–Trinajstić information content (AvgIpc) is 2.83. The molecule has 7 heteroatoms. The summed E-state index contributed by atoms with van der Waals surface area (Å²) in [5.74, 6) is 0.880. The van der Waals surface area contributed by atoms with Crippen molar-refractivity contribution in [2.24, 2.45) is 0 Å². The number of nitrogens with one attached hydrogen (secondary N) is 1. The molecule has 1 N–H and O–H groups in total. The second kappa shape index (κ2) is 6.07. The standard InChI is InChI=1S/C13H19BrN6/c1-18-6-8-19(9-7-18)5-4-15-12-2-3-13-16-10-11(14)20(13)17-12/h2-3,10H,4-9H2,1H3,(H,15,17). The van der Waals surface area contributed by atoms with Gasteiger partial charge in [-0.1, -0.05) is 0 Å². The Hall–Kier alpha value is -1.18. The van der Waals surface area contributed by atoms with Gasteiger partial charge in [0.15, 0.2) is 5.65 Å². The van der Waals surface area contributed by atoms with Crippen LogP contribution in [0, 0.1) is 0 Å². The van der Waals surface area contributed by atoms with E-state index in [1.807, 2.05) is 12.1 Å². The Bertz CT molecular complexity index is 575. The van der Waals surface area contributed by atoms with Crippen molar-refractivity contribution < 1.29 is 0 Å². The van der Waals surface area contributed by atoms with Crippen LogP contribution in [0.3, 0.4) is 0 Å². The Morgan fingerprint density at radius 1 is 1.25 bits per heavy atom. The number of fused-ring (bicyclic) bond motifs is 1. The summed E-state index contributed by atoms with van der Waals surface area (Å²) >= 11 is 3.43.